The molecule has 0 saturated carbocycles. The largest absolute Gasteiger partial charge is 0.484 e. The number of thiazole rings is 1. The number of nitrogens with zero attached hydrogens (tertiary/aromatic N) is 3. The summed E-state index contributed by atoms with van der Waals surface area (Å²) in [5, 5.41) is 1.32. The average Bonchev–Trinajstić information content (AvgIpc) is 3.10. The zero-order valence-corrected chi connectivity index (χ0v) is 19.6. The second kappa shape index (κ2) is 11.0. The standard InChI is InChI=1S/C20H22ClN3O2S2.ClH/c1-23(2)10-11-24(19(25)13-26-15-6-4-14(21)5-7-15)20-22-17-9-8-16(27-3)12-18(17)28-20;/h4-9,12H,10-11,13H2,1-3H3;1H. The molecule has 0 N–H and O–H groups in total. The van der Waals surface area contributed by atoms with Gasteiger partial charge in [-0.15, -0.1) is 24.2 Å². The normalized spacial score (nSPS) is 10.8. The van der Waals surface area contributed by atoms with Crippen LogP contribution in [0.4, 0.5) is 5.13 Å². The molecule has 3 aromatic rings. The number of aromatic nitrogens is 1. The Morgan fingerprint density at radius 2 is 1.90 bits per heavy atom. The van der Waals surface area contributed by atoms with Gasteiger partial charge in [-0.25, -0.2) is 4.98 Å². The van der Waals surface area contributed by atoms with Gasteiger partial charge in [0.05, 0.1) is 10.2 Å². The minimum absolute atomic E-state index is 0. The van der Waals surface area contributed by atoms with Crippen molar-refractivity contribution in [3.05, 3.63) is 47.5 Å². The summed E-state index contributed by atoms with van der Waals surface area (Å²) in [5.74, 6) is 0.486. The van der Waals surface area contributed by atoms with E-state index in [9.17, 15) is 4.79 Å². The monoisotopic (exact) mass is 471 g/mol. The first kappa shape index (κ1) is 23.8. The fourth-order valence-electron chi connectivity index (χ4n) is 2.52. The van der Waals surface area contributed by atoms with E-state index in [-0.39, 0.29) is 24.9 Å². The van der Waals surface area contributed by atoms with Crippen molar-refractivity contribution in [3.63, 3.8) is 0 Å². The van der Waals surface area contributed by atoms with E-state index in [1.54, 1.807) is 40.9 Å². The van der Waals surface area contributed by atoms with Crippen LogP contribution in [0.1, 0.15) is 0 Å². The molecule has 3 rings (SSSR count). The van der Waals surface area contributed by atoms with Gasteiger partial charge in [0.25, 0.3) is 5.91 Å². The molecule has 29 heavy (non-hydrogen) atoms. The van der Waals surface area contributed by atoms with Gasteiger partial charge in [-0.2, -0.15) is 0 Å². The van der Waals surface area contributed by atoms with Gasteiger partial charge >= 0.3 is 0 Å². The fraction of sp³-hybridized carbons (Fsp3) is 0.300. The Kier molecular flexibility index (Phi) is 9.04. The van der Waals surface area contributed by atoms with Crippen molar-refractivity contribution in [3.8, 4) is 5.75 Å². The smallest absolute Gasteiger partial charge is 0.266 e. The van der Waals surface area contributed by atoms with Crippen LogP contribution in [0.3, 0.4) is 0 Å². The van der Waals surface area contributed by atoms with Gasteiger partial charge in [-0.1, -0.05) is 22.9 Å². The summed E-state index contributed by atoms with van der Waals surface area (Å²) in [5.41, 5.74) is 0.902. The maximum atomic E-state index is 12.9. The molecular formula is C20H23Cl2N3O2S2. The molecule has 0 bridgehead atoms. The molecule has 0 atom stereocenters. The summed E-state index contributed by atoms with van der Waals surface area (Å²) in [6.07, 6.45) is 2.05. The van der Waals surface area contributed by atoms with E-state index in [1.807, 2.05) is 37.4 Å². The highest BCUT2D eigenvalue weighted by Gasteiger charge is 2.20. The Balaban J connectivity index is 0.00000300. The molecule has 2 aromatic carbocycles. The first-order valence-electron chi connectivity index (χ1n) is 8.74. The minimum Gasteiger partial charge on any atom is -0.484 e. The van der Waals surface area contributed by atoms with Crippen molar-refractivity contribution in [1.82, 2.24) is 9.88 Å². The van der Waals surface area contributed by atoms with Gasteiger partial charge in [-0.3, -0.25) is 9.69 Å². The van der Waals surface area contributed by atoms with Crippen molar-refractivity contribution < 1.29 is 9.53 Å². The average molecular weight is 472 g/mol. The second-order valence-electron chi connectivity index (χ2n) is 6.42. The van der Waals surface area contributed by atoms with Crippen molar-refractivity contribution in [2.45, 2.75) is 4.90 Å². The maximum absolute atomic E-state index is 12.9. The Hall–Kier alpha value is -1.51. The summed E-state index contributed by atoms with van der Waals surface area (Å²) in [6, 6.07) is 13.1. The van der Waals surface area contributed by atoms with E-state index in [0.717, 1.165) is 16.8 Å². The van der Waals surface area contributed by atoms with Crippen LogP contribution in [-0.4, -0.2) is 55.8 Å². The Morgan fingerprint density at radius 1 is 1.17 bits per heavy atom. The van der Waals surface area contributed by atoms with Gasteiger partial charge in [0.15, 0.2) is 11.7 Å². The lowest BCUT2D eigenvalue weighted by Gasteiger charge is -2.22. The Bertz CT molecular complexity index is 949. The van der Waals surface area contributed by atoms with Crippen molar-refractivity contribution in [2.75, 3.05) is 44.9 Å². The van der Waals surface area contributed by atoms with Crippen molar-refractivity contribution >= 4 is 68.4 Å². The molecule has 0 fully saturated rings. The van der Waals surface area contributed by atoms with Gasteiger partial charge in [0.2, 0.25) is 0 Å². The van der Waals surface area contributed by atoms with E-state index < -0.39 is 0 Å². The van der Waals surface area contributed by atoms with E-state index in [0.29, 0.717) is 22.4 Å². The predicted molar refractivity (Wildman–Crippen MR) is 127 cm³/mol. The summed E-state index contributed by atoms with van der Waals surface area (Å²) < 4.78 is 6.73. The van der Waals surface area contributed by atoms with Gasteiger partial charge < -0.3 is 9.64 Å². The number of benzene rings is 2. The lowest BCUT2D eigenvalue weighted by atomic mass is 10.3. The number of ether oxygens (including phenoxy) is 1. The molecule has 9 heteroatoms. The SMILES string of the molecule is CSc1ccc2nc(N(CCN(C)C)C(=O)COc3ccc(Cl)cc3)sc2c1.Cl. The van der Waals surface area contributed by atoms with Gasteiger partial charge in [0, 0.05) is 23.0 Å². The number of carbonyl (C=O) groups excluding carboxylic acids is 1. The molecule has 0 unspecified atom stereocenters. The zero-order valence-electron chi connectivity index (χ0n) is 16.4. The third kappa shape index (κ3) is 6.49. The van der Waals surface area contributed by atoms with Crippen LogP contribution in [0.15, 0.2) is 47.4 Å². The zero-order chi connectivity index (χ0) is 20.1. The van der Waals surface area contributed by atoms with E-state index in [2.05, 4.69) is 11.1 Å². The first-order chi connectivity index (χ1) is 13.5. The molecule has 0 aliphatic carbocycles. The highest BCUT2D eigenvalue weighted by Crippen LogP contribution is 2.31. The number of fused-ring (bicyclic) bond motifs is 1. The summed E-state index contributed by atoms with van der Waals surface area (Å²) in [7, 11) is 3.96. The number of hydrogen-bond acceptors (Lipinski definition) is 6. The summed E-state index contributed by atoms with van der Waals surface area (Å²) in [4.78, 5) is 22.5. The highest BCUT2D eigenvalue weighted by molar-refractivity contribution is 7.98. The molecule has 1 heterocycles. The molecule has 0 saturated heterocycles. The lowest BCUT2D eigenvalue weighted by Crippen LogP contribution is -2.39. The van der Waals surface area contributed by atoms with E-state index in [4.69, 9.17) is 16.3 Å². The van der Waals surface area contributed by atoms with Crippen LogP contribution in [-0.2, 0) is 4.79 Å². The number of likely N-dealkylation sites (N-methyl/N-ethyl adjacent to an activating group) is 1. The highest BCUT2D eigenvalue weighted by atomic mass is 35.5. The molecule has 0 aliphatic heterocycles. The topological polar surface area (TPSA) is 45.7 Å². The number of amides is 1. The lowest BCUT2D eigenvalue weighted by molar-refractivity contribution is -0.120. The van der Waals surface area contributed by atoms with Gasteiger partial charge in [0.1, 0.15) is 5.75 Å². The van der Waals surface area contributed by atoms with Crippen LogP contribution >= 0.6 is 47.1 Å². The van der Waals surface area contributed by atoms with Crippen LogP contribution < -0.4 is 9.64 Å². The van der Waals surface area contributed by atoms with Crippen LogP contribution in [0.2, 0.25) is 5.02 Å². The number of carbonyl (C=O) groups is 1. The molecule has 1 aromatic heterocycles. The van der Waals surface area contributed by atoms with Crippen molar-refractivity contribution in [2.24, 2.45) is 0 Å². The Labute approximate surface area is 190 Å². The number of hydrogen-bond donors (Lipinski definition) is 0. The Morgan fingerprint density at radius 3 is 2.55 bits per heavy atom. The van der Waals surface area contributed by atoms with E-state index >= 15 is 0 Å². The fourth-order valence-corrected chi connectivity index (χ4v) is 4.20. The number of anilines is 1. The maximum Gasteiger partial charge on any atom is 0.266 e. The number of halogens is 2. The first-order valence-corrected chi connectivity index (χ1v) is 11.2. The molecule has 0 radical (unpaired) electrons. The minimum atomic E-state index is -0.124. The van der Waals surface area contributed by atoms with Crippen LogP contribution in [0, 0.1) is 0 Å². The molecule has 1 amide bonds. The van der Waals surface area contributed by atoms with Crippen LogP contribution in [0.25, 0.3) is 10.2 Å². The van der Waals surface area contributed by atoms with Crippen LogP contribution in [0.5, 0.6) is 5.75 Å². The molecule has 0 aliphatic rings. The van der Waals surface area contributed by atoms with E-state index in [1.165, 1.54) is 16.2 Å². The molecule has 5 nitrogen and oxygen atoms in total. The number of thioether (sulfide) groups is 1. The van der Waals surface area contributed by atoms with Gasteiger partial charge in [-0.05, 0) is 62.8 Å². The van der Waals surface area contributed by atoms with Crippen molar-refractivity contribution in [1.29, 1.82) is 0 Å². The summed E-state index contributed by atoms with van der Waals surface area (Å²) >= 11 is 9.11. The third-order valence-corrected chi connectivity index (χ3v) is 6.08. The quantitative estimate of drug-likeness (QED) is 0.429. The molecule has 156 valence electrons. The predicted octanol–water partition coefficient (Wildman–Crippen LogP) is 5.07. The number of rotatable bonds is 8. The molecular weight excluding hydrogens is 449 g/mol. The molecule has 0 spiro atoms. The third-order valence-electron chi connectivity index (χ3n) is 4.06. The summed E-state index contributed by atoms with van der Waals surface area (Å²) in [6.45, 7) is 1.23. The second-order valence-corrected chi connectivity index (χ2v) is 8.75.